The molecule has 1 saturated heterocycles. The second-order valence-corrected chi connectivity index (χ2v) is 5.16. The van der Waals surface area contributed by atoms with Crippen molar-refractivity contribution < 1.29 is 22.8 Å². The zero-order chi connectivity index (χ0) is 14.8. The first kappa shape index (κ1) is 15.2. The van der Waals surface area contributed by atoms with Gasteiger partial charge >= 0.3 is 6.18 Å². The molecule has 2 heterocycles. The summed E-state index contributed by atoms with van der Waals surface area (Å²) in [5, 5.41) is 13.4. The Kier molecular flexibility index (Phi) is 4.33. The van der Waals surface area contributed by atoms with E-state index in [4.69, 9.17) is 4.52 Å². The zero-order valence-electron chi connectivity index (χ0n) is 11.3. The summed E-state index contributed by atoms with van der Waals surface area (Å²) in [6, 6.07) is 0. The van der Waals surface area contributed by atoms with Crippen LogP contribution in [0.1, 0.15) is 37.9 Å². The average Bonchev–Trinajstić information content (AvgIpc) is 2.79. The molecule has 0 aliphatic carbocycles. The van der Waals surface area contributed by atoms with Gasteiger partial charge in [-0.2, -0.15) is 18.2 Å². The van der Waals surface area contributed by atoms with E-state index in [1.165, 1.54) is 0 Å². The molecule has 0 atom stereocenters. The Hall–Kier alpha value is -1.15. The normalized spacial score (nSPS) is 20.2. The number of aromatic nitrogens is 2. The van der Waals surface area contributed by atoms with Crippen molar-refractivity contribution >= 4 is 0 Å². The number of halogens is 3. The van der Waals surface area contributed by atoms with Gasteiger partial charge in [0.05, 0.1) is 6.54 Å². The minimum atomic E-state index is -4.57. The third-order valence-corrected chi connectivity index (χ3v) is 3.55. The lowest BCUT2D eigenvalue weighted by molar-refractivity contribution is -0.273. The van der Waals surface area contributed by atoms with Crippen LogP contribution >= 0.6 is 0 Å². The fourth-order valence-electron chi connectivity index (χ4n) is 2.24. The van der Waals surface area contributed by atoms with Crippen LogP contribution in [0.25, 0.3) is 0 Å². The molecule has 0 radical (unpaired) electrons. The summed E-state index contributed by atoms with van der Waals surface area (Å²) in [7, 11) is 0. The van der Waals surface area contributed by atoms with Gasteiger partial charge in [0, 0.05) is 19.5 Å². The molecule has 5 nitrogen and oxygen atoms in total. The summed E-state index contributed by atoms with van der Waals surface area (Å²) in [5.74, 6) is 1.03. The summed E-state index contributed by atoms with van der Waals surface area (Å²) >= 11 is 0. The SMILES string of the molecule is CCCc1noc(CN2CCC(O)(C(F)(F)F)CC2)n1. The Morgan fingerprint density at radius 3 is 2.55 bits per heavy atom. The van der Waals surface area contributed by atoms with Gasteiger partial charge in [-0.25, -0.2) is 0 Å². The van der Waals surface area contributed by atoms with Crippen LogP contribution in [0.5, 0.6) is 0 Å². The Morgan fingerprint density at radius 1 is 1.35 bits per heavy atom. The quantitative estimate of drug-likeness (QED) is 0.919. The van der Waals surface area contributed by atoms with Crippen molar-refractivity contribution in [2.24, 2.45) is 0 Å². The van der Waals surface area contributed by atoms with Crippen molar-refractivity contribution in [3.05, 3.63) is 11.7 Å². The van der Waals surface area contributed by atoms with Crippen molar-refractivity contribution in [1.82, 2.24) is 15.0 Å². The highest BCUT2D eigenvalue weighted by atomic mass is 19.4. The second-order valence-electron chi connectivity index (χ2n) is 5.16. The molecular formula is C12H18F3N3O2. The number of hydrogen-bond donors (Lipinski definition) is 1. The summed E-state index contributed by atoms with van der Waals surface area (Å²) in [4.78, 5) is 5.96. The molecule has 8 heteroatoms. The highest BCUT2D eigenvalue weighted by molar-refractivity contribution is 4.93. The first-order valence-corrected chi connectivity index (χ1v) is 6.67. The first-order valence-electron chi connectivity index (χ1n) is 6.67. The molecule has 0 saturated carbocycles. The second kappa shape index (κ2) is 5.69. The number of alkyl halides is 3. The Morgan fingerprint density at radius 2 is 2.00 bits per heavy atom. The standard InChI is InChI=1S/C12H18F3N3O2/c1-2-3-9-16-10(20-17-9)8-18-6-4-11(19,5-7-18)12(13,14)15/h19H,2-8H2,1H3. The van der Waals surface area contributed by atoms with Gasteiger partial charge in [-0.15, -0.1) is 0 Å². The monoisotopic (exact) mass is 293 g/mol. The van der Waals surface area contributed by atoms with Crippen molar-refractivity contribution in [2.75, 3.05) is 13.1 Å². The van der Waals surface area contributed by atoms with Crippen LogP contribution in [0.2, 0.25) is 0 Å². The molecule has 114 valence electrons. The molecule has 0 bridgehead atoms. The zero-order valence-corrected chi connectivity index (χ0v) is 11.3. The third-order valence-electron chi connectivity index (χ3n) is 3.55. The lowest BCUT2D eigenvalue weighted by Gasteiger charge is -2.38. The number of piperidine rings is 1. The van der Waals surface area contributed by atoms with Crippen LogP contribution in [0.15, 0.2) is 4.52 Å². The largest absolute Gasteiger partial charge is 0.417 e. The fourth-order valence-corrected chi connectivity index (χ4v) is 2.24. The van der Waals surface area contributed by atoms with E-state index in [9.17, 15) is 18.3 Å². The van der Waals surface area contributed by atoms with Crippen molar-refractivity contribution in [1.29, 1.82) is 0 Å². The molecule has 1 fully saturated rings. The van der Waals surface area contributed by atoms with Gasteiger partial charge in [-0.3, -0.25) is 4.90 Å². The molecule has 2 rings (SSSR count). The lowest BCUT2D eigenvalue weighted by Crippen LogP contribution is -2.53. The van der Waals surface area contributed by atoms with Gasteiger partial charge < -0.3 is 9.63 Å². The molecule has 1 aromatic heterocycles. The molecule has 1 aliphatic heterocycles. The summed E-state index contributed by atoms with van der Waals surface area (Å²) in [5.41, 5.74) is -2.56. The van der Waals surface area contributed by atoms with Gasteiger partial charge in [0.25, 0.3) is 0 Å². The van der Waals surface area contributed by atoms with Crippen LogP contribution in [-0.4, -0.2) is 45.0 Å². The van der Waals surface area contributed by atoms with Gasteiger partial charge in [0.15, 0.2) is 11.4 Å². The number of aliphatic hydroxyl groups is 1. The molecule has 1 aromatic rings. The maximum atomic E-state index is 12.7. The van der Waals surface area contributed by atoms with Crippen LogP contribution < -0.4 is 0 Å². The highest BCUT2D eigenvalue weighted by Gasteiger charge is 2.54. The van der Waals surface area contributed by atoms with Gasteiger partial charge in [-0.05, 0) is 19.3 Å². The van der Waals surface area contributed by atoms with Gasteiger partial charge in [-0.1, -0.05) is 12.1 Å². The van der Waals surface area contributed by atoms with E-state index in [0.717, 1.165) is 12.8 Å². The summed E-state index contributed by atoms with van der Waals surface area (Å²) in [6.45, 7) is 2.63. The minimum Gasteiger partial charge on any atom is -0.380 e. The molecule has 0 spiro atoms. The van der Waals surface area contributed by atoms with Gasteiger partial charge in [0.1, 0.15) is 0 Å². The molecule has 0 aromatic carbocycles. The Labute approximate surface area is 114 Å². The highest BCUT2D eigenvalue weighted by Crippen LogP contribution is 2.38. The third kappa shape index (κ3) is 3.29. The smallest absolute Gasteiger partial charge is 0.380 e. The van der Waals surface area contributed by atoms with Crippen LogP contribution in [0.4, 0.5) is 13.2 Å². The number of rotatable bonds is 4. The number of likely N-dealkylation sites (tertiary alicyclic amines) is 1. The van der Waals surface area contributed by atoms with Crippen molar-refractivity contribution in [2.45, 2.75) is 50.9 Å². The minimum absolute atomic E-state index is 0.154. The van der Waals surface area contributed by atoms with Crippen LogP contribution in [-0.2, 0) is 13.0 Å². The predicted octanol–water partition coefficient (Wildman–Crippen LogP) is 1.91. The fraction of sp³-hybridized carbons (Fsp3) is 0.833. The van der Waals surface area contributed by atoms with E-state index >= 15 is 0 Å². The number of hydrogen-bond acceptors (Lipinski definition) is 5. The predicted molar refractivity (Wildman–Crippen MR) is 63.8 cm³/mol. The molecule has 1 N–H and O–H groups in total. The van der Waals surface area contributed by atoms with E-state index in [2.05, 4.69) is 10.1 Å². The van der Waals surface area contributed by atoms with E-state index in [0.29, 0.717) is 18.3 Å². The summed E-state index contributed by atoms with van der Waals surface area (Å²) in [6.07, 6.45) is -3.60. The molecule has 20 heavy (non-hydrogen) atoms. The number of aryl methyl sites for hydroxylation is 1. The van der Waals surface area contributed by atoms with Crippen LogP contribution in [0.3, 0.4) is 0 Å². The van der Waals surface area contributed by atoms with Gasteiger partial charge in [0.2, 0.25) is 5.89 Å². The maximum absolute atomic E-state index is 12.7. The molecule has 0 amide bonds. The van der Waals surface area contributed by atoms with E-state index in [-0.39, 0.29) is 25.9 Å². The maximum Gasteiger partial charge on any atom is 0.417 e. The molecule has 0 unspecified atom stereocenters. The lowest BCUT2D eigenvalue weighted by atomic mass is 9.91. The van der Waals surface area contributed by atoms with E-state index < -0.39 is 11.8 Å². The molecule has 1 aliphatic rings. The first-order chi connectivity index (χ1) is 9.34. The Bertz CT molecular complexity index is 439. The topological polar surface area (TPSA) is 62.4 Å². The number of nitrogens with zero attached hydrogens (tertiary/aromatic N) is 3. The molecular weight excluding hydrogens is 275 g/mol. The van der Waals surface area contributed by atoms with E-state index in [1.54, 1.807) is 4.90 Å². The Balaban J connectivity index is 1.88. The average molecular weight is 293 g/mol. The van der Waals surface area contributed by atoms with Crippen molar-refractivity contribution in [3.63, 3.8) is 0 Å². The summed E-state index contributed by atoms with van der Waals surface area (Å²) < 4.78 is 43.0. The van der Waals surface area contributed by atoms with Crippen molar-refractivity contribution in [3.8, 4) is 0 Å². The van der Waals surface area contributed by atoms with Crippen LogP contribution in [0, 0.1) is 0 Å². The van der Waals surface area contributed by atoms with E-state index in [1.807, 2.05) is 6.92 Å².